The van der Waals surface area contributed by atoms with E-state index in [-0.39, 0.29) is 11.8 Å². The highest BCUT2D eigenvalue weighted by Crippen LogP contribution is 2.49. The first-order valence-electron chi connectivity index (χ1n) is 8.89. The molecule has 2 aliphatic rings. The molecule has 1 aromatic carbocycles. The van der Waals surface area contributed by atoms with Gasteiger partial charge in [0.25, 0.3) is 0 Å². The number of nitrogens with one attached hydrogen (secondary N) is 1. The van der Waals surface area contributed by atoms with Crippen LogP contribution >= 0.6 is 0 Å². The number of aromatic nitrogens is 2. The molecule has 1 aliphatic heterocycles. The fourth-order valence-corrected chi connectivity index (χ4v) is 4.09. The number of anilines is 1. The van der Waals surface area contributed by atoms with Gasteiger partial charge in [0.2, 0.25) is 5.91 Å². The van der Waals surface area contributed by atoms with E-state index in [0.29, 0.717) is 12.3 Å². The van der Waals surface area contributed by atoms with Gasteiger partial charge in [-0.1, -0.05) is 11.6 Å². The monoisotopic (exact) mass is 335 g/mol. The number of nitrogens with zero attached hydrogens (tertiary/aromatic N) is 2. The van der Waals surface area contributed by atoms with Crippen LogP contribution in [0, 0.1) is 13.8 Å². The van der Waals surface area contributed by atoms with Crippen molar-refractivity contribution in [1.82, 2.24) is 9.78 Å². The van der Waals surface area contributed by atoms with Gasteiger partial charge in [-0.05, 0) is 44.4 Å². The maximum Gasteiger partial charge on any atom is 0.226 e. The summed E-state index contributed by atoms with van der Waals surface area (Å²) in [5.74, 6) is 2.24. The van der Waals surface area contributed by atoms with E-state index in [1.807, 2.05) is 17.8 Å². The lowest BCUT2D eigenvalue weighted by atomic mass is 9.87. The standard InChI is InChI=1S/C20H21N3O2/c1-10-4-7-15-13(8-10)11(2)19(25-15)14-9-16(24)21-20-17(14)18(12-5-6-12)22-23(20)3/h4,7-8,12,14H,5-6,9H2,1-3H3,(H,21,24)/t14-/m1/s1. The fourth-order valence-electron chi connectivity index (χ4n) is 4.09. The van der Waals surface area contributed by atoms with Crippen molar-refractivity contribution >= 4 is 22.7 Å². The van der Waals surface area contributed by atoms with E-state index in [4.69, 9.17) is 9.52 Å². The van der Waals surface area contributed by atoms with Gasteiger partial charge in [0.15, 0.2) is 0 Å². The molecule has 1 aliphatic carbocycles. The van der Waals surface area contributed by atoms with Crippen LogP contribution in [0.4, 0.5) is 5.82 Å². The molecule has 5 rings (SSSR count). The van der Waals surface area contributed by atoms with E-state index in [1.165, 1.54) is 18.4 Å². The third-order valence-electron chi connectivity index (χ3n) is 5.52. The molecule has 2 aromatic heterocycles. The van der Waals surface area contributed by atoms with Crippen LogP contribution in [-0.4, -0.2) is 15.7 Å². The molecule has 0 bridgehead atoms. The quantitative estimate of drug-likeness (QED) is 0.766. The molecule has 1 N–H and O–H groups in total. The molecule has 1 atom stereocenters. The van der Waals surface area contributed by atoms with Crippen LogP contribution in [0.5, 0.6) is 0 Å². The first kappa shape index (κ1) is 14.8. The number of benzene rings is 1. The van der Waals surface area contributed by atoms with E-state index in [1.54, 1.807) is 0 Å². The number of fused-ring (bicyclic) bond motifs is 2. The zero-order chi connectivity index (χ0) is 17.3. The van der Waals surface area contributed by atoms with Crippen molar-refractivity contribution in [2.45, 2.75) is 44.9 Å². The predicted octanol–water partition coefficient (Wildman–Crippen LogP) is 4.13. The summed E-state index contributed by atoms with van der Waals surface area (Å²) < 4.78 is 8.06. The molecule has 0 spiro atoms. The average molecular weight is 335 g/mol. The highest BCUT2D eigenvalue weighted by atomic mass is 16.3. The number of amides is 1. The first-order chi connectivity index (χ1) is 12.0. The topological polar surface area (TPSA) is 60.1 Å². The Morgan fingerprint density at radius 1 is 1.28 bits per heavy atom. The molecule has 0 saturated heterocycles. The highest BCUT2D eigenvalue weighted by molar-refractivity contribution is 5.95. The lowest BCUT2D eigenvalue weighted by molar-refractivity contribution is -0.116. The summed E-state index contributed by atoms with van der Waals surface area (Å²) in [6, 6.07) is 6.25. The Balaban J connectivity index is 1.73. The van der Waals surface area contributed by atoms with Crippen LogP contribution in [0.15, 0.2) is 22.6 Å². The number of carbonyl (C=O) groups excluding carboxylic acids is 1. The number of carbonyl (C=O) groups is 1. The van der Waals surface area contributed by atoms with Crippen LogP contribution in [0.2, 0.25) is 0 Å². The fraction of sp³-hybridized carbons (Fsp3) is 0.400. The van der Waals surface area contributed by atoms with E-state index in [2.05, 4.69) is 31.3 Å². The SMILES string of the molecule is Cc1ccc2oc([C@@H]3CC(=O)Nc4c3c(C3CC3)nn4C)c(C)c2c1. The van der Waals surface area contributed by atoms with Crippen molar-refractivity contribution in [2.75, 3.05) is 5.32 Å². The van der Waals surface area contributed by atoms with Crippen molar-refractivity contribution < 1.29 is 9.21 Å². The molecule has 3 heterocycles. The lowest BCUT2D eigenvalue weighted by Crippen LogP contribution is -2.25. The van der Waals surface area contributed by atoms with Crippen LogP contribution in [-0.2, 0) is 11.8 Å². The molecule has 128 valence electrons. The van der Waals surface area contributed by atoms with E-state index >= 15 is 0 Å². The summed E-state index contributed by atoms with van der Waals surface area (Å²) in [4.78, 5) is 12.3. The first-order valence-corrected chi connectivity index (χ1v) is 8.89. The molecule has 1 amide bonds. The molecule has 3 aromatic rings. The lowest BCUT2D eigenvalue weighted by Gasteiger charge is -2.23. The van der Waals surface area contributed by atoms with Gasteiger partial charge < -0.3 is 9.73 Å². The van der Waals surface area contributed by atoms with Gasteiger partial charge in [-0.25, -0.2) is 0 Å². The van der Waals surface area contributed by atoms with Crippen molar-refractivity contribution in [3.63, 3.8) is 0 Å². The van der Waals surface area contributed by atoms with E-state index in [9.17, 15) is 4.79 Å². The van der Waals surface area contributed by atoms with Crippen LogP contribution in [0.25, 0.3) is 11.0 Å². The maximum absolute atomic E-state index is 12.3. The van der Waals surface area contributed by atoms with Gasteiger partial charge in [0.05, 0.1) is 11.6 Å². The van der Waals surface area contributed by atoms with Crippen molar-refractivity contribution in [3.05, 3.63) is 46.3 Å². The Bertz CT molecular complexity index is 1020. The van der Waals surface area contributed by atoms with Crippen LogP contribution in [0.1, 0.15) is 59.2 Å². The largest absolute Gasteiger partial charge is 0.460 e. The normalized spacial score (nSPS) is 20.0. The summed E-state index contributed by atoms with van der Waals surface area (Å²) in [7, 11) is 1.90. The minimum absolute atomic E-state index is 0.0267. The second-order valence-electron chi connectivity index (χ2n) is 7.44. The molecule has 0 radical (unpaired) electrons. The third-order valence-corrected chi connectivity index (χ3v) is 5.52. The summed E-state index contributed by atoms with van der Waals surface area (Å²) in [6.07, 6.45) is 2.78. The molecular weight excluding hydrogens is 314 g/mol. The van der Waals surface area contributed by atoms with Crippen LogP contribution < -0.4 is 5.32 Å². The Morgan fingerprint density at radius 3 is 2.84 bits per heavy atom. The average Bonchev–Trinajstić information content (AvgIpc) is 3.31. The Hall–Kier alpha value is -2.56. The summed E-state index contributed by atoms with van der Waals surface area (Å²) in [5, 5.41) is 8.87. The molecule has 5 heteroatoms. The molecule has 5 nitrogen and oxygen atoms in total. The zero-order valence-electron chi connectivity index (χ0n) is 14.7. The predicted molar refractivity (Wildman–Crippen MR) is 96.0 cm³/mol. The van der Waals surface area contributed by atoms with Crippen molar-refractivity contribution in [2.24, 2.45) is 7.05 Å². The molecule has 25 heavy (non-hydrogen) atoms. The summed E-state index contributed by atoms with van der Waals surface area (Å²) in [5.41, 5.74) is 5.53. The Labute approximate surface area is 146 Å². The summed E-state index contributed by atoms with van der Waals surface area (Å²) >= 11 is 0. The summed E-state index contributed by atoms with van der Waals surface area (Å²) in [6.45, 7) is 4.18. The van der Waals surface area contributed by atoms with Gasteiger partial charge in [-0.2, -0.15) is 5.10 Å². The second kappa shape index (κ2) is 4.97. The number of rotatable bonds is 2. The maximum atomic E-state index is 12.3. The molecule has 1 saturated carbocycles. The van der Waals surface area contributed by atoms with Gasteiger partial charge in [0.1, 0.15) is 17.2 Å². The van der Waals surface area contributed by atoms with E-state index < -0.39 is 0 Å². The van der Waals surface area contributed by atoms with E-state index in [0.717, 1.165) is 39.4 Å². The molecule has 1 fully saturated rings. The minimum Gasteiger partial charge on any atom is -0.460 e. The Kier molecular flexibility index (Phi) is 2.94. The zero-order valence-corrected chi connectivity index (χ0v) is 14.7. The number of hydrogen-bond donors (Lipinski definition) is 1. The van der Waals surface area contributed by atoms with Gasteiger partial charge in [0, 0.05) is 30.3 Å². The van der Waals surface area contributed by atoms with Crippen molar-refractivity contribution in [3.8, 4) is 0 Å². The van der Waals surface area contributed by atoms with Gasteiger partial charge >= 0.3 is 0 Å². The number of aryl methyl sites for hydroxylation is 3. The molecular formula is C20H21N3O2. The van der Waals surface area contributed by atoms with Crippen LogP contribution in [0.3, 0.4) is 0 Å². The van der Waals surface area contributed by atoms with Crippen molar-refractivity contribution in [1.29, 1.82) is 0 Å². The minimum atomic E-state index is -0.0549. The highest BCUT2D eigenvalue weighted by Gasteiger charge is 2.40. The van der Waals surface area contributed by atoms with Gasteiger partial charge in [-0.3, -0.25) is 9.48 Å². The smallest absolute Gasteiger partial charge is 0.226 e. The molecule has 0 unspecified atom stereocenters. The second-order valence-corrected chi connectivity index (χ2v) is 7.44. The third kappa shape index (κ3) is 2.15. The Morgan fingerprint density at radius 2 is 2.08 bits per heavy atom. The number of hydrogen-bond acceptors (Lipinski definition) is 3. The number of furan rings is 1. The van der Waals surface area contributed by atoms with Gasteiger partial charge in [-0.15, -0.1) is 0 Å².